The van der Waals surface area contributed by atoms with Crippen molar-refractivity contribution >= 4 is 10.9 Å². The molecule has 0 bridgehead atoms. The maximum Gasteiger partial charge on any atom is 0.259 e. The molecule has 4 rings (SSSR count). The maximum absolute atomic E-state index is 12.2. The first-order valence-corrected chi connectivity index (χ1v) is 8.25. The SMILES string of the molecule is O=c1[nH]c(-c2cccc(OCCC3OCCO3)c2)nc2ccccc12. The number of hydrogen-bond donors (Lipinski definition) is 1. The first-order chi connectivity index (χ1) is 12.3. The van der Waals surface area contributed by atoms with Gasteiger partial charge >= 0.3 is 0 Å². The summed E-state index contributed by atoms with van der Waals surface area (Å²) in [6, 6.07) is 14.8. The molecule has 0 spiro atoms. The second-order valence-electron chi connectivity index (χ2n) is 5.77. The molecule has 3 aromatic rings. The molecule has 0 saturated carbocycles. The molecule has 1 aliphatic rings. The highest BCUT2D eigenvalue weighted by molar-refractivity contribution is 5.79. The van der Waals surface area contributed by atoms with Crippen molar-refractivity contribution in [3.05, 3.63) is 58.9 Å². The normalized spacial score (nSPS) is 14.9. The molecule has 0 aliphatic carbocycles. The van der Waals surface area contributed by atoms with Crippen LogP contribution < -0.4 is 10.3 Å². The number of hydrogen-bond acceptors (Lipinski definition) is 5. The van der Waals surface area contributed by atoms with Crippen LogP contribution in [0.4, 0.5) is 0 Å². The molecule has 0 unspecified atom stereocenters. The van der Waals surface area contributed by atoms with E-state index in [2.05, 4.69) is 9.97 Å². The van der Waals surface area contributed by atoms with Gasteiger partial charge in [-0.1, -0.05) is 24.3 Å². The number of benzene rings is 2. The van der Waals surface area contributed by atoms with E-state index in [-0.39, 0.29) is 11.8 Å². The molecule has 25 heavy (non-hydrogen) atoms. The minimum Gasteiger partial charge on any atom is -0.493 e. The van der Waals surface area contributed by atoms with Crippen molar-refractivity contribution in [1.82, 2.24) is 9.97 Å². The zero-order chi connectivity index (χ0) is 17.1. The molecule has 1 aromatic heterocycles. The Morgan fingerprint density at radius 3 is 2.84 bits per heavy atom. The molecule has 1 fully saturated rings. The van der Waals surface area contributed by atoms with Gasteiger partial charge in [0.15, 0.2) is 6.29 Å². The van der Waals surface area contributed by atoms with Crippen LogP contribution in [0.5, 0.6) is 5.75 Å². The van der Waals surface area contributed by atoms with E-state index in [1.54, 1.807) is 6.07 Å². The molecule has 2 heterocycles. The quantitative estimate of drug-likeness (QED) is 0.774. The fourth-order valence-corrected chi connectivity index (χ4v) is 2.80. The summed E-state index contributed by atoms with van der Waals surface area (Å²) < 4.78 is 16.5. The van der Waals surface area contributed by atoms with Gasteiger partial charge in [-0.05, 0) is 24.3 Å². The van der Waals surface area contributed by atoms with E-state index in [1.807, 2.05) is 42.5 Å². The van der Waals surface area contributed by atoms with Crippen molar-refractivity contribution in [2.24, 2.45) is 0 Å². The predicted molar refractivity (Wildman–Crippen MR) is 93.6 cm³/mol. The Hall–Kier alpha value is -2.70. The minimum atomic E-state index is -0.179. The molecule has 0 radical (unpaired) electrons. The molecule has 0 amide bonds. The van der Waals surface area contributed by atoms with Crippen molar-refractivity contribution in [3.63, 3.8) is 0 Å². The molecule has 1 N–H and O–H groups in total. The maximum atomic E-state index is 12.2. The third-order valence-corrected chi connectivity index (χ3v) is 4.03. The van der Waals surface area contributed by atoms with Crippen molar-refractivity contribution in [2.45, 2.75) is 12.7 Å². The van der Waals surface area contributed by atoms with Crippen LogP contribution in [-0.2, 0) is 9.47 Å². The summed E-state index contributed by atoms with van der Waals surface area (Å²) in [6.07, 6.45) is 0.497. The van der Waals surface area contributed by atoms with E-state index < -0.39 is 0 Å². The van der Waals surface area contributed by atoms with Crippen molar-refractivity contribution < 1.29 is 14.2 Å². The van der Waals surface area contributed by atoms with E-state index >= 15 is 0 Å². The summed E-state index contributed by atoms with van der Waals surface area (Å²) in [7, 11) is 0. The molecule has 128 valence electrons. The van der Waals surface area contributed by atoms with Gasteiger partial charge in [-0.3, -0.25) is 4.79 Å². The van der Waals surface area contributed by atoms with Gasteiger partial charge in [0.1, 0.15) is 11.6 Å². The average Bonchev–Trinajstić information content (AvgIpc) is 3.15. The fraction of sp³-hybridized carbons (Fsp3) is 0.263. The van der Waals surface area contributed by atoms with Gasteiger partial charge in [0.25, 0.3) is 5.56 Å². The Morgan fingerprint density at radius 1 is 1.12 bits per heavy atom. The van der Waals surface area contributed by atoms with Gasteiger partial charge < -0.3 is 19.2 Å². The summed E-state index contributed by atoms with van der Waals surface area (Å²) in [5, 5.41) is 0.579. The van der Waals surface area contributed by atoms with Gasteiger partial charge in [0.05, 0.1) is 30.7 Å². The number of aromatic nitrogens is 2. The van der Waals surface area contributed by atoms with E-state index in [0.29, 0.717) is 48.7 Å². The van der Waals surface area contributed by atoms with Crippen molar-refractivity contribution in [3.8, 4) is 17.1 Å². The van der Waals surface area contributed by atoms with Crippen LogP contribution >= 0.6 is 0 Å². The Bertz CT molecular complexity index is 932. The van der Waals surface area contributed by atoms with Crippen molar-refractivity contribution in [1.29, 1.82) is 0 Å². The van der Waals surface area contributed by atoms with Crippen LogP contribution in [0.3, 0.4) is 0 Å². The Labute approximate surface area is 144 Å². The smallest absolute Gasteiger partial charge is 0.259 e. The first-order valence-electron chi connectivity index (χ1n) is 8.25. The van der Waals surface area contributed by atoms with Crippen LogP contribution in [-0.4, -0.2) is 36.1 Å². The van der Waals surface area contributed by atoms with E-state index in [4.69, 9.17) is 14.2 Å². The third-order valence-electron chi connectivity index (χ3n) is 4.03. The zero-order valence-electron chi connectivity index (χ0n) is 13.6. The van der Waals surface area contributed by atoms with Crippen molar-refractivity contribution in [2.75, 3.05) is 19.8 Å². The number of nitrogens with zero attached hydrogens (tertiary/aromatic N) is 1. The summed E-state index contributed by atoms with van der Waals surface area (Å²) in [5.41, 5.74) is 1.32. The minimum absolute atomic E-state index is 0.151. The molecule has 6 heteroatoms. The lowest BCUT2D eigenvalue weighted by Crippen LogP contribution is -2.12. The second kappa shape index (κ2) is 7.04. The van der Waals surface area contributed by atoms with E-state index in [1.165, 1.54) is 0 Å². The Kier molecular flexibility index (Phi) is 4.45. The van der Waals surface area contributed by atoms with Gasteiger partial charge in [0, 0.05) is 12.0 Å². The van der Waals surface area contributed by atoms with E-state index in [0.717, 1.165) is 5.56 Å². The van der Waals surface area contributed by atoms with E-state index in [9.17, 15) is 4.79 Å². The largest absolute Gasteiger partial charge is 0.493 e. The summed E-state index contributed by atoms with van der Waals surface area (Å²) in [6.45, 7) is 1.78. The number of rotatable bonds is 5. The highest BCUT2D eigenvalue weighted by atomic mass is 16.7. The lowest BCUT2D eigenvalue weighted by atomic mass is 10.2. The van der Waals surface area contributed by atoms with Gasteiger partial charge in [-0.2, -0.15) is 0 Å². The number of fused-ring (bicyclic) bond motifs is 1. The molecule has 1 aliphatic heterocycles. The lowest BCUT2D eigenvalue weighted by Gasteiger charge is -2.11. The second-order valence-corrected chi connectivity index (χ2v) is 5.77. The Balaban J connectivity index is 1.53. The summed E-state index contributed by atoms with van der Waals surface area (Å²) in [4.78, 5) is 19.6. The first kappa shape index (κ1) is 15.8. The Morgan fingerprint density at radius 2 is 1.96 bits per heavy atom. The molecule has 0 atom stereocenters. The highest BCUT2D eigenvalue weighted by Gasteiger charge is 2.15. The molecule has 2 aromatic carbocycles. The number of H-pyrrole nitrogens is 1. The van der Waals surface area contributed by atoms with Gasteiger partial charge in [-0.15, -0.1) is 0 Å². The van der Waals surface area contributed by atoms with Crippen LogP contribution in [0.2, 0.25) is 0 Å². The lowest BCUT2D eigenvalue weighted by molar-refractivity contribution is -0.0531. The van der Waals surface area contributed by atoms with Crippen LogP contribution in [0, 0.1) is 0 Å². The van der Waals surface area contributed by atoms with Crippen LogP contribution in [0.1, 0.15) is 6.42 Å². The zero-order valence-corrected chi connectivity index (χ0v) is 13.6. The summed E-state index contributed by atoms with van der Waals surface area (Å²) >= 11 is 0. The average molecular weight is 338 g/mol. The molecular formula is C19H18N2O4. The third kappa shape index (κ3) is 3.55. The molecule has 6 nitrogen and oxygen atoms in total. The number of para-hydroxylation sites is 1. The topological polar surface area (TPSA) is 73.4 Å². The van der Waals surface area contributed by atoms with Crippen LogP contribution in [0.25, 0.3) is 22.3 Å². The highest BCUT2D eigenvalue weighted by Crippen LogP contribution is 2.22. The fourth-order valence-electron chi connectivity index (χ4n) is 2.80. The van der Waals surface area contributed by atoms with Crippen LogP contribution in [0.15, 0.2) is 53.3 Å². The van der Waals surface area contributed by atoms with Gasteiger partial charge in [0.2, 0.25) is 0 Å². The summed E-state index contributed by atoms with van der Waals surface area (Å²) in [5.74, 6) is 1.24. The number of ether oxygens (including phenoxy) is 3. The predicted octanol–water partition coefficient (Wildman–Crippen LogP) is 2.73. The molecular weight excluding hydrogens is 320 g/mol. The standard InChI is InChI=1S/C19H18N2O4/c22-19-15-6-1-2-7-16(15)20-18(21-19)13-4-3-5-14(12-13)23-9-8-17-24-10-11-25-17/h1-7,12,17H,8-11H2,(H,20,21,22). The number of nitrogens with one attached hydrogen (secondary N) is 1. The van der Waals surface area contributed by atoms with Gasteiger partial charge in [-0.25, -0.2) is 4.98 Å². The number of aromatic amines is 1. The monoisotopic (exact) mass is 338 g/mol. The molecule has 1 saturated heterocycles.